The molecule has 0 atom stereocenters. The molecular weight excluding hydrogens is 252 g/mol. The van der Waals surface area contributed by atoms with Gasteiger partial charge in [-0.25, -0.2) is 0 Å². The lowest BCUT2D eigenvalue weighted by Gasteiger charge is -2.22. The van der Waals surface area contributed by atoms with E-state index in [1.165, 1.54) is 6.92 Å². The molecule has 0 saturated carbocycles. The van der Waals surface area contributed by atoms with Crippen molar-refractivity contribution in [3.8, 4) is 5.75 Å². The van der Waals surface area contributed by atoms with E-state index < -0.39 is 0 Å². The van der Waals surface area contributed by atoms with Crippen LogP contribution in [0.1, 0.15) is 30.1 Å². The summed E-state index contributed by atoms with van der Waals surface area (Å²) in [4.78, 5) is 11.5. The topological polar surface area (TPSA) is 35.5 Å². The summed E-state index contributed by atoms with van der Waals surface area (Å²) in [5, 5.41) is 0.554. The van der Waals surface area contributed by atoms with E-state index in [0.29, 0.717) is 28.9 Å². The van der Waals surface area contributed by atoms with Gasteiger partial charge in [0.1, 0.15) is 5.75 Å². The van der Waals surface area contributed by atoms with E-state index in [1.807, 2.05) is 0 Å². The van der Waals surface area contributed by atoms with Crippen LogP contribution in [0, 0.1) is 5.92 Å². The van der Waals surface area contributed by atoms with Gasteiger partial charge in [0.05, 0.1) is 12.2 Å². The van der Waals surface area contributed by atoms with Gasteiger partial charge < -0.3 is 9.47 Å². The van der Waals surface area contributed by atoms with Crippen LogP contribution in [0.2, 0.25) is 5.02 Å². The fraction of sp³-hybridized carbons (Fsp3) is 0.500. The van der Waals surface area contributed by atoms with Crippen molar-refractivity contribution in [3.63, 3.8) is 0 Å². The number of hydrogen-bond acceptors (Lipinski definition) is 3. The fourth-order valence-corrected chi connectivity index (χ4v) is 2.20. The van der Waals surface area contributed by atoms with Gasteiger partial charge in [-0.3, -0.25) is 4.79 Å². The summed E-state index contributed by atoms with van der Waals surface area (Å²) in [6.07, 6.45) is 2.03. The maximum atomic E-state index is 11.5. The van der Waals surface area contributed by atoms with E-state index in [-0.39, 0.29) is 5.78 Å². The number of ether oxygens (including phenoxy) is 2. The van der Waals surface area contributed by atoms with Crippen LogP contribution in [0.5, 0.6) is 5.75 Å². The van der Waals surface area contributed by atoms with E-state index >= 15 is 0 Å². The molecule has 1 aromatic rings. The number of hydrogen-bond donors (Lipinski definition) is 0. The Labute approximate surface area is 112 Å². The van der Waals surface area contributed by atoms with E-state index in [1.54, 1.807) is 18.2 Å². The molecule has 2 rings (SSSR count). The minimum atomic E-state index is -0.0283. The molecule has 0 spiro atoms. The number of ketones is 1. The molecule has 98 valence electrons. The Morgan fingerprint density at radius 2 is 2.17 bits per heavy atom. The van der Waals surface area contributed by atoms with Crippen LogP contribution in [0.25, 0.3) is 0 Å². The van der Waals surface area contributed by atoms with Crippen molar-refractivity contribution in [1.82, 2.24) is 0 Å². The normalized spacial score (nSPS) is 16.6. The molecule has 0 aliphatic carbocycles. The molecule has 1 heterocycles. The first kappa shape index (κ1) is 13.4. The number of benzene rings is 1. The summed E-state index contributed by atoms with van der Waals surface area (Å²) < 4.78 is 11.1. The lowest BCUT2D eigenvalue weighted by atomic mass is 10.0. The van der Waals surface area contributed by atoms with Crippen molar-refractivity contribution in [2.75, 3.05) is 19.8 Å². The largest absolute Gasteiger partial charge is 0.493 e. The van der Waals surface area contributed by atoms with Crippen molar-refractivity contribution in [2.45, 2.75) is 19.8 Å². The van der Waals surface area contributed by atoms with Crippen LogP contribution in [0.15, 0.2) is 18.2 Å². The highest BCUT2D eigenvalue weighted by Gasteiger charge is 2.16. The molecular formula is C14H17ClO3. The first-order chi connectivity index (χ1) is 8.66. The van der Waals surface area contributed by atoms with Gasteiger partial charge in [-0.2, -0.15) is 0 Å². The molecule has 3 nitrogen and oxygen atoms in total. The number of Topliss-reactive ketones (excluding diaryl/α,β-unsaturated/α-hetero) is 1. The number of rotatable bonds is 4. The number of halogens is 1. The van der Waals surface area contributed by atoms with Crippen LogP contribution < -0.4 is 4.74 Å². The smallest absolute Gasteiger partial charge is 0.163 e. The minimum Gasteiger partial charge on any atom is -0.493 e. The summed E-state index contributed by atoms with van der Waals surface area (Å²) in [6, 6.07) is 5.16. The van der Waals surface area contributed by atoms with Crippen LogP contribution >= 0.6 is 11.6 Å². The predicted octanol–water partition coefficient (Wildman–Crippen LogP) is 3.35. The Morgan fingerprint density at radius 1 is 1.44 bits per heavy atom. The van der Waals surface area contributed by atoms with Gasteiger partial charge in [-0.15, -0.1) is 0 Å². The second-order valence-electron chi connectivity index (χ2n) is 4.56. The Balaban J connectivity index is 2.01. The lowest BCUT2D eigenvalue weighted by molar-refractivity contribution is 0.0495. The third kappa shape index (κ3) is 3.47. The van der Waals surface area contributed by atoms with Crippen molar-refractivity contribution in [3.05, 3.63) is 28.8 Å². The predicted molar refractivity (Wildman–Crippen MR) is 70.5 cm³/mol. The second kappa shape index (κ2) is 6.21. The maximum absolute atomic E-state index is 11.5. The summed E-state index contributed by atoms with van der Waals surface area (Å²) in [7, 11) is 0. The highest BCUT2D eigenvalue weighted by molar-refractivity contribution is 6.31. The molecule has 0 radical (unpaired) electrons. The van der Waals surface area contributed by atoms with Crippen LogP contribution in [0.4, 0.5) is 0 Å². The summed E-state index contributed by atoms with van der Waals surface area (Å²) in [5.41, 5.74) is 0.551. The fourth-order valence-electron chi connectivity index (χ4n) is 2.02. The number of carbonyl (C=O) groups is 1. The maximum Gasteiger partial charge on any atom is 0.163 e. The summed E-state index contributed by atoms with van der Waals surface area (Å²) in [5.74, 6) is 1.10. The first-order valence-corrected chi connectivity index (χ1v) is 6.55. The van der Waals surface area contributed by atoms with Crippen LogP contribution in [-0.4, -0.2) is 25.6 Å². The molecule has 0 unspecified atom stereocenters. The minimum absolute atomic E-state index is 0.0283. The Bertz CT molecular complexity index is 425. The molecule has 1 fully saturated rings. The molecule has 0 bridgehead atoms. The molecule has 1 aliphatic heterocycles. The molecule has 0 amide bonds. The zero-order valence-electron chi connectivity index (χ0n) is 10.4. The van der Waals surface area contributed by atoms with E-state index in [0.717, 1.165) is 26.1 Å². The monoisotopic (exact) mass is 268 g/mol. The van der Waals surface area contributed by atoms with Gasteiger partial charge in [-0.05, 0) is 43.9 Å². The Kier molecular flexibility index (Phi) is 4.61. The number of carbonyl (C=O) groups excluding carboxylic acids is 1. The van der Waals surface area contributed by atoms with Crippen molar-refractivity contribution in [1.29, 1.82) is 0 Å². The van der Waals surface area contributed by atoms with Gasteiger partial charge in [0, 0.05) is 18.2 Å². The molecule has 0 aromatic heterocycles. The highest BCUT2D eigenvalue weighted by Crippen LogP contribution is 2.25. The molecule has 1 saturated heterocycles. The van der Waals surface area contributed by atoms with Gasteiger partial charge in [-0.1, -0.05) is 11.6 Å². The second-order valence-corrected chi connectivity index (χ2v) is 5.00. The lowest BCUT2D eigenvalue weighted by Crippen LogP contribution is -2.21. The standard InChI is InChI=1S/C14H17ClO3/c1-10(16)13-8-12(15)2-3-14(13)18-9-11-4-6-17-7-5-11/h2-3,8,11H,4-7,9H2,1H3. The molecule has 0 N–H and O–H groups in total. The zero-order valence-corrected chi connectivity index (χ0v) is 11.2. The molecule has 18 heavy (non-hydrogen) atoms. The first-order valence-electron chi connectivity index (χ1n) is 6.18. The van der Waals surface area contributed by atoms with Crippen molar-refractivity contribution < 1.29 is 14.3 Å². The van der Waals surface area contributed by atoms with Gasteiger partial charge >= 0.3 is 0 Å². The zero-order chi connectivity index (χ0) is 13.0. The molecule has 1 aromatic carbocycles. The van der Waals surface area contributed by atoms with Crippen molar-refractivity contribution >= 4 is 17.4 Å². The average molecular weight is 269 g/mol. The third-order valence-corrected chi connectivity index (χ3v) is 3.37. The van der Waals surface area contributed by atoms with Gasteiger partial charge in [0.15, 0.2) is 5.78 Å². The van der Waals surface area contributed by atoms with Crippen LogP contribution in [-0.2, 0) is 4.74 Å². The van der Waals surface area contributed by atoms with Crippen LogP contribution in [0.3, 0.4) is 0 Å². The molecule has 4 heteroatoms. The third-order valence-electron chi connectivity index (χ3n) is 3.14. The van der Waals surface area contributed by atoms with Gasteiger partial charge in [0.2, 0.25) is 0 Å². The molecule has 1 aliphatic rings. The highest BCUT2D eigenvalue weighted by atomic mass is 35.5. The Hall–Kier alpha value is -1.06. The quantitative estimate of drug-likeness (QED) is 0.786. The van der Waals surface area contributed by atoms with E-state index in [9.17, 15) is 4.79 Å². The van der Waals surface area contributed by atoms with E-state index in [4.69, 9.17) is 21.1 Å². The Morgan fingerprint density at radius 3 is 2.83 bits per heavy atom. The average Bonchev–Trinajstić information content (AvgIpc) is 2.38. The van der Waals surface area contributed by atoms with Crippen molar-refractivity contribution in [2.24, 2.45) is 5.92 Å². The summed E-state index contributed by atoms with van der Waals surface area (Å²) in [6.45, 7) is 3.75. The van der Waals surface area contributed by atoms with Gasteiger partial charge in [0.25, 0.3) is 0 Å². The SMILES string of the molecule is CC(=O)c1cc(Cl)ccc1OCC1CCOCC1. The van der Waals surface area contributed by atoms with E-state index in [2.05, 4.69) is 0 Å². The summed E-state index contributed by atoms with van der Waals surface area (Å²) >= 11 is 5.89.